The number of hydrogen-bond donors (Lipinski definition) is 4. The minimum atomic E-state index is -0.634. The number of carbonyl (C=O) groups excluding carboxylic acids is 4. The molecule has 0 unspecified atom stereocenters. The van der Waals surface area contributed by atoms with Gasteiger partial charge in [-0.3, -0.25) is 44.1 Å². The average Bonchev–Trinajstić information content (AvgIpc) is 4.00. The van der Waals surface area contributed by atoms with E-state index in [0.29, 0.717) is 121 Å². The highest BCUT2D eigenvalue weighted by molar-refractivity contribution is 6.05. The largest absolute Gasteiger partial charge is 0.491 e. The van der Waals surface area contributed by atoms with Gasteiger partial charge >= 0.3 is 0 Å². The maximum absolute atomic E-state index is 13.8. The van der Waals surface area contributed by atoms with E-state index in [9.17, 15) is 19.2 Å². The van der Waals surface area contributed by atoms with Gasteiger partial charge in [0, 0.05) is 56.9 Å². The Labute approximate surface area is 346 Å². The number of amides is 4. The van der Waals surface area contributed by atoms with E-state index in [1.54, 1.807) is 51.8 Å². The molecule has 4 aromatic heterocycles. The number of fused-ring (bicyclic) bond motifs is 2. The Bertz CT molecular complexity index is 2560. The number of morpholine rings is 1. The van der Waals surface area contributed by atoms with Crippen LogP contribution in [-0.2, 0) is 30.9 Å². The zero-order valence-electron chi connectivity index (χ0n) is 34.4. The summed E-state index contributed by atoms with van der Waals surface area (Å²) in [6.45, 7) is 13.6. The fraction of sp³-hybridized carbons (Fsp3) is 0.415. The number of unbranched alkanes of at least 4 members (excludes halogenated alkanes) is 1. The third-order valence-corrected chi connectivity index (χ3v) is 10.4. The molecule has 1 fully saturated rings. The van der Waals surface area contributed by atoms with Gasteiger partial charge in [-0.25, -0.2) is 9.97 Å². The summed E-state index contributed by atoms with van der Waals surface area (Å²) in [5.41, 5.74) is 16.3. The first-order valence-corrected chi connectivity index (χ1v) is 20.2. The number of rotatable bonds is 18. The van der Waals surface area contributed by atoms with Crippen molar-refractivity contribution in [2.45, 2.75) is 73.1 Å². The molecule has 0 atom stereocenters. The van der Waals surface area contributed by atoms with Crippen molar-refractivity contribution in [2.75, 3.05) is 50.1 Å². The Kier molecular flexibility index (Phi) is 12.6. The summed E-state index contributed by atoms with van der Waals surface area (Å²) in [4.78, 5) is 63.7. The molecule has 6 aromatic rings. The summed E-state index contributed by atoms with van der Waals surface area (Å²) >= 11 is 0. The number of nitrogens with two attached hydrogens (primary N) is 2. The molecule has 1 saturated heterocycles. The Hall–Kier alpha value is -6.60. The average molecular weight is 822 g/mol. The van der Waals surface area contributed by atoms with Gasteiger partial charge in [-0.2, -0.15) is 10.2 Å². The molecule has 5 heterocycles. The second kappa shape index (κ2) is 18.1. The maximum Gasteiger partial charge on any atom is 0.276 e. The minimum absolute atomic E-state index is 0.228. The van der Waals surface area contributed by atoms with Crippen molar-refractivity contribution < 1.29 is 28.7 Å². The highest BCUT2D eigenvalue weighted by Gasteiger charge is 2.23. The summed E-state index contributed by atoms with van der Waals surface area (Å²) < 4.78 is 18.9. The lowest BCUT2D eigenvalue weighted by atomic mass is 10.1. The Morgan fingerprint density at radius 1 is 0.717 bits per heavy atom. The van der Waals surface area contributed by atoms with E-state index in [2.05, 4.69) is 25.7 Å². The molecular weight excluding hydrogens is 771 g/mol. The second-order valence-electron chi connectivity index (χ2n) is 14.7. The molecule has 19 heteroatoms. The van der Waals surface area contributed by atoms with Crippen molar-refractivity contribution >= 4 is 57.6 Å². The molecule has 19 nitrogen and oxygen atoms in total. The smallest absolute Gasteiger partial charge is 0.276 e. The highest BCUT2D eigenvalue weighted by Crippen LogP contribution is 2.32. The van der Waals surface area contributed by atoms with Crippen molar-refractivity contribution in [3.8, 4) is 5.75 Å². The lowest BCUT2D eigenvalue weighted by Crippen LogP contribution is -2.37. The zero-order chi connectivity index (χ0) is 42.5. The number of hydrogen-bond acceptors (Lipinski definition) is 11. The quantitative estimate of drug-likeness (QED) is 0.0912. The molecule has 2 aromatic carbocycles. The van der Waals surface area contributed by atoms with Gasteiger partial charge in [0.15, 0.2) is 0 Å². The fourth-order valence-corrected chi connectivity index (χ4v) is 7.50. The topological polar surface area (TPSA) is 237 Å². The van der Waals surface area contributed by atoms with Crippen molar-refractivity contribution in [3.05, 3.63) is 76.4 Å². The van der Waals surface area contributed by atoms with E-state index in [4.69, 9.17) is 30.9 Å². The summed E-state index contributed by atoms with van der Waals surface area (Å²) in [5, 5.41) is 14.8. The number of carbonyl (C=O) groups is 4. The van der Waals surface area contributed by atoms with Crippen LogP contribution in [0.1, 0.15) is 86.2 Å². The van der Waals surface area contributed by atoms with E-state index >= 15 is 0 Å². The SMILES string of the molecule is CCn1nc(C)cc1C(=O)Nc1nc2cc(C(N)=O)ccc2n1CCCCn1c(NC(=O)c2cc(C)nn2CC)nc2cc(C(N)=O)cc(OCCCN3CCOCC3)c21. The molecule has 4 amide bonds. The lowest BCUT2D eigenvalue weighted by Gasteiger charge is -2.26. The van der Waals surface area contributed by atoms with Crippen LogP contribution in [0.3, 0.4) is 0 Å². The number of ether oxygens (including phenoxy) is 2. The summed E-state index contributed by atoms with van der Waals surface area (Å²) in [5.74, 6) is -1.01. The number of nitrogens with one attached hydrogen (secondary N) is 2. The first-order valence-electron chi connectivity index (χ1n) is 20.2. The molecule has 6 N–H and O–H groups in total. The molecular formula is C41H51N13O6. The van der Waals surface area contributed by atoms with Gasteiger partial charge < -0.3 is 30.1 Å². The van der Waals surface area contributed by atoms with Gasteiger partial charge in [0.25, 0.3) is 11.8 Å². The molecule has 60 heavy (non-hydrogen) atoms. The highest BCUT2D eigenvalue weighted by atomic mass is 16.5. The summed E-state index contributed by atoms with van der Waals surface area (Å²) in [6.07, 6.45) is 1.89. The van der Waals surface area contributed by atoms with Gasteiger partial charge in [-0.15, -0.1) is 0 Å². The predicted molar refractivity (Wildman–Crippen MR) is 224 cm³/mol. The van der Waals surface area contributed by atoms with Crippen LogP contribution in [0.25, 0.3) is 22.1 Å². The van der Waals surface area contributed by atoms with Crippen LogP contribution in [-0.4, -0.2) is 107 Å². The van der Waals surface area contributed by atoms with Gasteiger partial charge in [0.05, 0.1) is 47.8 Å². The molecule has 0 aliphatic carbocycles. The summed E-state index contributed by atoms with van der Waals surface area (Å²) in [6, 6.07) is 11.7. The van der Waals surface area contributed by atoms with Crippen molar-refractivity contribution in [1.29, 1.82) is 0 Å². The second-order valence-corrected chi connectivity index (χ2v) is 14.7. The normalized spacial score (nSPS) is 13.3. The molecule has 0 radical (unpaired) electrons. The monoisotopic (exact) mass is 821 g/mol. The Balaban J connectivity index is 1.18. The van der Waals surface area contributed by atoms with Gasteiger partial charge in [0.2, 0.25) is 23.7 Å². The molecule has 1 aliphatic rings. The third kappa shape index (κ3) is 9.01. The van der Waals surface area contributed by atoms with E-state index in [1.165, 1.54) is 0 Å². The lowest BCUT2D eigenvalue weighted by molar-refractivity contribution is 0.0358. The van der Waals surface area contributed by atoms with Crippen LogP contribution in [0.2, 0.25) is 0 Å². The third-order valence-electron chi connectivity index (χ3n) is 10.4. The molecule has 0 spiro atoms. The molecule has 1 aliphatic heterocycles. The number of nitrogens with zero attached hydrogens (tertiary/aromatic N) is 9. The van der Waals surface area contributed by atoms with Crippen LogP contribution < -0.4 is 26.8 Å². The van der Waals surface area contributed by atoms with Crippen LogP contribution in [0.5, 0.6) is 5.75 Å². The first kappa shape index (κ1) is 41.6. The Morgan fingerprint density at radius 2 is 1.28 bits per heavy atom. The summed E-state index contributed by atoms with van der Waals surface area (Å²) in [7, 11) is 0. The molecule has 316 valence electrons. The zero-order valence-corrected chi connectivity index (χ0v) is 34.4. The van der Waals surface area contributed by atoms with Gasteiger partial charge in [-0.1, -0.05) is 0 Å². The van der Waals surface area contributed by atoms with E-state index in [-0.39, 0.29) is 17.4 Å². The molecule has 0 bridgehead atoms. The van der Waals surface area contributed by atoms with Crippen molar-refractivity contribution in [1.82, 2.24) is 43.6 Å². The Morgan fingerprint density at radius 3 is 1.88 bits per heavy atom. The minimum Gasteiger partial charge on any atom is -0.491 e. The van der Waals surface area contributed by atoms with Crippen LogP contribution in [0, 0.1) is 13.8 Å². The van der Waals surface area contributed by atoms with Crippen LogP contribution >= 0.6 is 0 Å². The number of imidazole rings is 2. The molecule has 7 rings (SSSR count). The standard InChI is InChI=1S/C41H51N13O6/c1-5-53-32(20-25(3)48-53)38(57)46-40-44-29-22-27(36(42)55)10-11-31(29)51(40)13-7-8-14-52-35-30(45-41(52)47-39(58)33-21-26(4)49-54(33)6-2)23-28(37(43)56)24-34(35)60-17-9-12-50-15-18-59-19-16-50/h10-11,20-24H,5-9,12-19H2,1-4H3,(H2,42,55)(H2,43,56)(H,44,46,57)(H,45,47,58). The number of benzene rings is 2. The number of primary amides is 2. The fourth-order valence-electron chi connectivity index (χ4n) is 7.50. The molecule has 0 saturated carbocycles. The number of aromatic nitrogens is 8. The van der Waals surface area contributed by atoms with Crippen molar-refractivity contribution in [2.24, 2.45) is 11.5 Å². The van der Waals surface area contributed by atoms with E-state index in [1.807, 2.05) is 36.8 Å². The van der Waals surface area contributed by atoms with Gasteiger partial charge in [0.1, 0.15) is 22.7 Å². The van der Waals surface area contributed by atoms with Crippen LogP contribution in [0.15, 0.2) is 42.5 Å². The van der Waals surface area contributed by atoms with Gasteiger partial charge in [-0.05, 0) is 89.4 Å². The number of anilines is 2. The van der Waals surface area contributed by atoms with Crippen molar-refractivity contribution in [3.63, 3.8) is 0 Å². The first-order chi connectivity index (χ1) is 28.9. The predicted octanol–water partition coefficient (Wildman–Crippen LogP) is 3.72. The van der Waals surface area contributed by atoms with E-state index < -0.39 is 17.7 Å². The maximum atomic E-state index is 13.8. The number of aryl methyl sites for hydroxylation is 6. The van der Waals surface area contributed by atoms with Crippen LogP contribution in [0.4, 0.5) is 11.9 Å². The van der Waals surface area contributed by atoms with E-state index in [0.717, 1.165) is 26.1 Å².